The molecule has 0 saturated carbocycles. The topological polar surface area (TPSA) is 39.7 Å². The number of benzene rings is 2. The minimum atomic E-state index is -0.169. The first-order valence-corrected chi connectivity index (χ1v) is 7.42. The Balaban J connectivity index is 1.98. The van der Waals surface area contributed by atoms with E-state index >= 15 is 0 Å². The van der Waals surface area contributed by atoms with Gasteiger partial charge in [-0.1, -0.05) is 18.2 Å². The Morgan fingerprint density at radius 2 is 1.52 bits per heavy atom. The van der Waals surface area contributed by atoms with Crippen molar-refractivity contribution in [3.8, 4) is 17.2 Å². The van der Waals surface area contributed by atoms with E-state index in [2.05, 4.69) is 5.32 Å². The van der Waals surface area contributed by atoms with Gasteiger partial charge in [-0.05, 0) is 30.7 Å². The average molecular weight is 319 g/mol. The molecule has 2 aromatic carbocycles. The van der Waals surface area contributed by atoms with Crippen molar-refractivity contribution in [1.82, 2.24) is 5.32 Å². The van der Waals surface area contributed by atoms with Gasteiger partial charge in [0.2, 0.25) is 0 Å². The van der Waals surface area contributed by atoms with Crippen molar-refractivity contribution < 1.29 is 18.6 Å². The van der Waals surface area contributed by atoms with Crippen molar-refractivity contribution in [2.45, 2.75) is 13.0 Å². The third-order valence-electron chi connectivity index (χ3n) is 3.63. The Morgan fingerprint density at radius 3 is 2.17 bits per heavy atom. The van der Waals surface area contributed by atoms with Gasteiger partial charge < -0.3 is 19.5 Å². The quantitative estimate of drug-likeness (QED) is 0.759. The molecule has 0 saturated heterocycles. The highest BCUT2D eigenvalue weighted by atomic mass is 19.1. The summed E-state index contributed by atoms with van der Waals surface area (Å²) < 4.78 is 29.5. The highest BCUT2D eigenvalue weighted by Gasteiger charge is 2.11. The maximum absolute atomic E-state index is 13.6. The van der Waals surface area contributed by atoms with Crippen LogP contribution in [0.3, 0.4) is 0 Å². The summed E-state index contributed by atoms with van der Waals surface area (Å²) in [5.74, 6) is 1.83. The monoisotopic (exact) mass is 319 g/mol. The Hall–Kier alpha value is -2.27. The lowest BCUT2D eigenvalue weighted by molar-refractivity contribution is 0.347. The number of ether oxygens (including phenoxy) is 3. The summed E-state index contributed by atoms with van der Waals surface area (Å²) in [6, 6.07) is 10.5. The van der Waals surface area contributed by atoms with Gasteiger partial charge in [0.1, 0.15) is 11.6 Å². The average Bonchev–Trinajstić information content (AvgIpc) is 2.59. The number of halogens is 1. The summed E-state index contributed by atoms with van der Waals surface area (Å²) in [6.45, 7) is 1.26. The van der Waals surface area contributed by atoms with Crippen LogP contribution in [0.4, 0.5) is 4.39 Å². The number of hydrogen-bond donors (Lipinski definition) is 1. The molecule has 0 aliphatic carbocycles. The third-order valence-corrected chi connectivity index (χ3v) is 3.63. The van der Waals surface area contributed by atoms with Crippen LogP contribution in [-0.4, -0.2) is 27.9 Å². The molecule has 0 radical (unpaired) electrons. The minimum Gasteiger partial charge on any atom is -0.496 e. The normalized spacial score (nSPS) is 10.4. The van der Waals surface area contributed by atoms with Gasteiger partial charge in [0.05, 0.1) is 21.3 Å². The van der Waals surface area contributed by atoms with E-state index in [1.807, 2.05) is 12.1 Å². The zero-order valence-corrected chi connectivity index (χ0v) is 13.7. The molecule has 124 valence electrons. The molecule has 0 bridgehead atoms. The molecule has 0 aromatic heterocycles. The molecule has 0 aliphatic rings. The Labute approximate surface area is 136 Å². The van der Waals surface area contributed by atoms with Crippen LogP contribution in [0.5, 0.6) is 17.2 Å². The fraction of sp³-hybridized carbons (Fsp3) is 0.333. The van der Waals surface area contributed by atoms with E-state index in [0.29, 0.717) is 36.6 Å². The first-order chi connectivity index (χ1) is 11.2. The van der Waals surface area contributed by atoms with E-state index in [9.17, 15) is 4.39 Å². The van der Waals surface area contributed by atoms with Crippen molar-refractivity contribution in [3.63, 3.8) is 0 Å². The lowest BCUT2D eigenvalue weighted by Gasteiger charge is -2.14. The largest absolute Gasteiger partial charge is 0.496 e. The van der Waals surface area contributed by atoms with E-state index in [-0.39, 0.29) is 5.82 Å². The number of rotatable bonds is 8. The Bertz CT molecular complexity index is 646. The summed E-state index contributed by atoms with van der Waals surface area (Å²) in [4.78, 5) is 0. The van der Waals surface area contributed by atoms with Gasteiger partial charge in [0.15, 0.2) is 11.5 Å². The summed E-state index contributed by atoms with van der Waals surface area (Å²) >= 11 is 0. The molecule has 0 unspecified atom stereocenters. The molecule has 2 rings (SSSR count). The number of hydrogen-bond acceptors (Lipinski definition) is 4. The van der Waals surface area contributed by atoms with E-state index in [1.165, 1.54) is 6.07 Å². The molecule has 0 spiro atoms. The van der Waals surface area contributed by atoms with Crippen molar-refractivity contribution in [1.29, 1.82) is 0 Å². The smallest absolute Gasteiger partial charge is 0.164 e. The molecule has 1 N–H and O–H groups in total. The van der Waals surface area contributed by atoms with E-state index in [4.69, 9.17) is 14.2 Å². The molecule has 0 aliphatic heterocycles. The van der Waals surface area contributed by atoms with Crippen LogP contribution in [0.25, 0.3) is 0 Å². The molecule has 23 heavy (non-hydrogen) atoms. The summed E-state index contributed by atoms with van der Waals surface area (Å²) in [5.41, 5.74) is 1.66. The van der Waals surface area contributed by atoms with Crippen molar-refractivity contribution >= 4 is 0 Å². The van der Waals surface area contributed by atoms with Crippen LogP contribution in [-0.2, 0) is 13.0 Å². The second-order valence-corrected chi connectivity index (χ2v) is 5.04. The highest BCUT2D eigenvalue weighted by Crippen LogP contribution is 2.34. The highest BCUT2D eigenvalue weighted by molar-refractivity contribution is 5.50. The lowest BCUT2D eigenvalue weighted by Crippen LogP contribution is -2.17. The molecule has 5 heteroatoms. The van der Waals surface area contributed by atoms with Gasteiger partial charge >= 0.3 is 0 Å². The predicted octanol–water partition coefficient (Wildman–Crippen LogP) is 3.18. The van der Waals surface area contributed by atoms with E-state index in [0.717, 1.165) is 11.3 Å². The minimum absolute atomic E-state index is 0.169. The molecule has 0 heterocycles. The van der Waals surface area contributed by atoms with Gasteiger partial charge in [-0.2, -0.15) is 0 Å². The maximum atomic E-state index is 13.6. The van der Waals surface area contributed by atoms with Crippen molar-refractivity contribution in [2.75, 3.05) is 27.9 Å². The van der Waals surface area contributed by atoms with Gasteiger partial charge in [-0.15, -0.1) is 0 Å². The fourth-order valence-electron chi connectivity index (χ4n) is 2.38. The molecular weight excluding hydrogens is 297 g/mol. The first-order valence-electron chi connectivity index (χ1n) is 7.42. The van der Waals surface area contributed by atoms with Gasteiger partial charge in [0, 0.05) is 18.2 Å². The second kappa shape index (κ2) is 8.39. The second-order valence-electron chi connectivity index (χ2n) is 5.04. The molecular formula is C18H22FNO3. The molecule has 0 atom stereocenters. The maximum Gasteiger partial charge on any atom is 0.164 e. The van der Waals surface area contributed by atoms with Gasteiger partial charge in [0.25, 0.3) is 0 Å². The molecule has 2 aromatic rings. The van der Waals surface area contributed by atoms with E-state index in [1.54, 1.807) is 39.5 Å². The predicted molar refractivity (Wildman–Crippen MR) is 87.9 cm³/mol. The number of methoxy groups -OCH3 is 3. The molecule has 0 amide bonds. The summed E-state index contributed by atoms with van der Waals surface area (Å²) in [6.07, 6.45) is 0.627. The van der Waals surface area contributed by atoms with Crippen LogP contribution in [0, 0.1) is 5.82 Å². The third kappa shape index (κ3) is 4.36. The number of nitrogens with one attached hydrogen (secondary N) is 1. The van der Waals surface area contributed by atoms with Crippen LogP contribution >= 0.6 is 0 Å². The summed E-state index contributed by atoms with van der Waals surface area (Å²) in [7, 11) is 4.80. The lowest BCUT2D eigenvalue weighted by atomic mass is 10.1. The first kappa shape index (κ1) is 17.1. The van der Waals surface area contributed by atoms with E-state index < -0.39 is 0 Å². The standard InChI is InChI=1S/C18H22FNO3/c1-21-16-11-18(23-3)17(22-2)10-14(16)12-20-9-8-13-6-4-5-7-15(13)19/h4-7,10-11,20H,8-9,12H2,1-3H3. The van der Waals surface area contributed by atoms with Crippen LogP contribution < -0.4 is 19.5 Å². The zero-order chi connectivity index (χ0) is 16.7. The summed E-state index contributed by atoms with van der Waals surface area (Å²) in [5, 5.41) is 3.30. The van der Waals surface area contributed by atoms with Crippen LogP contribution in [0.15, 0.2) is 36.4 Å². The van der Waals surface area contributed by atoms with Gasteiger partial charge in [-0.25, -0.2) is 4.39 Å². The SMILES string of the molecule is COc1cc(OC)c(OC)cc1CNCCc1ccccc1F. The van der Waals surface area contributed by atoms with Crippen LogP contribution in [0.1, 0.15) is 11.1 Å². The van der Waals surface area contributed by atoms with Gasteiger partial charge in [-0.3, -0.25) is 0 Å². The Morgan fingerprint density at radius 1 is 0.870 bits per heavy atom. The van der Waals surface area contributed by atoms with Crippen molar-refractivity contribution in [3.05, 3.63) is 53.3 Å². The zero-order valence-electron chi connectivity index (χ0n) is 13.7. The fourth-order valence-corrected chi connectivity index (χ4v) is 2.38. The Kier molecular flexibility index (Phi) is 6.23. The van der Waals surface area contributed by atoms with Crippen molar-refractivity contribution in [2.24, 2.45) is 0 Å². The molecule has 4 nitrogen and oxygen atoms in total. The van der Waals surface area contributed by atoms with Crippen LogP contribution in [0.2, 0.25) is 0 Å². The molecule has 0 fully saturated rings.